The van der Waals surface area contributed by atoms with Crippen LogP contribution in [0.1, 0.15) is 11.6 Å². The van der Waals surface area contributed by atoms with Crippen LogP contribution < -0.4 is 9.64 Å². The van der Waals surface area contributed by atoms with Crippen molar-refractivity contribution in [2.45, 2.75) is 11.3 Å². The molecular formula is C17H16ClNO2S. The number of β-lactam (4-membered cyclic amide) rings is 1. The molecule has 1 amide bonds. The summed E-state index contributed by atoms with van der Waals surface area (Å²) >= 11 is 7.52. The van der Waals surface area contributed by atoms with E-state index < -0.39 is 0 Å². The molecule has 1 aliphatic rings. The van der Waals surface area contributed by atoms with E-state index in [1.54, 1.807) is 18.9 Å². The van der Waals surface area contributed by atoms with E-state index in [2.05, 4.69) is 0 Å². The third kappa shape index (κ3) is 2.57. The van der Waals surface area contributed by atoms with Crippen LogP contribution in [0.15, 0.2) is 48.5 Å². The minimum atomic E-state index is -0.0518. The van der Waals surface area contributed by atoms with Crippen molar-refractivity contribution in [3.05, 3.63) is 59.1 Å². The van der Waals surface area contributed by atoms with E-state index >= 15 is 0 Å². The number of hydrogen-bond donors (Lipinski definition) is 0. The highest BCUT2D eigenvalue weighted by Crippen LogP contribution is 2.44. The zero-order chi connectivity index (χ0) is 15.7. The number of benzene rings is 2. The van der Waals surface area contributed by atoms with Crippen molar-refractivity contribution >= 4 is 35.0 Å². The molecule has 0 unspecified atom stereocenters. The van der Waals surface area contributed by atoms with Crippen LogP contribution in [0.3, 0.4) is 0 Å². The highest BCUT2D eigenvalue weighted by molar-refractivity contribution is 8.00. The number of ether oxygens (including phenoxy) is 1. The van der Waals surface area contributed by atoms with E-state index in [1.165, 1.54) is 0 Å². The number of anilines is 1. The number of carbonyl (C=O) groups excluding carboxylic acids is 1. The van der Waals surface area contributed by atoms with Gasteiger partial charge in [0, 0.05) is 10.7 Å². The SMILES string of the molecule is COc1ccc([C@@H]2[C@H](SC)C(=O)N2c2ccc(Cl)cc2)cc1. The van der Waals surface area contributed by atoms with Gasteiger partial charge in [-0.15, -0.1) is 11.8 Å². The van der Waals surface area contributed by atoms with Crippen LogP contribution in [0, 0.1) is 0 Å². The van der Waals surface area contributed by atoms with Gasteiger partial charge in [0.25, 0.3) is 0 Å². The Morgan fingerprint density at radius 3 is 2.27 bits per heavy atom. The van der Waals surface area contributed by atoms with Gasteiger partial charge in [-0.1, -0.05) is 23.7 Å². The van der Waals surface area contributed by atoms with Crippen LogP contribution in [0.2, 0.25) is 5.02 Å². The van der Waals surface area contributed by atoms with Gasteiger partial charge in [0.15, 0.2) is 0 Å². The summed E-state index contributed by atoms with van der Waals surface area (Å²) in [5, 5.41) is 0.614. The van der Waals surface area contributed by atoms with Crippen molar-refractivity contribution in [1.29, 1.82) is 0 Å². The normalized spacial score (nSPS) is 20.7. The van der Waals surface area contributed by atoms with Crippen molar-refractivity contribution < 1.29 is 9.53 Å². The average molecular weight is 334 g/mol. The van der Waals surface area contributed by atoms with Gasteiger partial charge >= 0.3 is 0 Å². The Morgan fingerprint density at radius 2 is 1.73 bits per heavy atom. The second-order valence-electron chi connectivity index (χ2n) is 5.06. The van der Waals surface area contributed by atoms with E-state index in [0.29, 0.717) is 5.02 Å². The molecule has 2 atom stereocenters. The third-order valence-corrected chi connectivity index (χ3v) is 5.08. The summed E-state index contributed by atoms with van der Waals surface area (Å²) in [5.74, 6) is 0.948. The first-order chi connectivity index (χ1) is 10.7. The molecule has 0 bridgehead atoms. The summed E-state index contributed by atoms with van der Waals surface area (Å²) in [5.41, 5.74) is 1.98. The molecule has 0 saturated carbocycles. The fourth-order valence-electron chi connectivity index (χ4n) is 2.71. The number of halogens is 1. The molecule has 5 heteroatoms. The summed E-state index contributed by atoms with van der Waals surface area (Å²) in [6.07, 6.45) is 1.97. The molecule has 1 heterocycles. The van der Waals surface area contributed by atoms with Crippen LogP contribution in [0.4, 0.5) is 5.69 Å². The van der Waals surface area contributed by atoms with Crippen LogP contribution in [-0.4, -0.2) is 24.5 Å². The van der Waals surface area contributed by atoms with Gasteiger partial charge < -0.3 is 9.64 Å². The summed E-state index contributed by atoms with van der Waals surface area (Å²) < 4.78 is 5.20. The summed E-state index contributed by atoms with van der Waals surface area (Å²) in [6.45, 7) is 0. The minimum absolute atomic E-state index is 0.0366. The molecule has 0 spiro atoms. The number of nitrogens with zero attached hydrogens (tertiary/aromatic N) is 1. The topological polar surface area (TPSA) is 29.5 Å². The van der Waals surface area contributed by atoms with Crippen LogP contribution >= 0.6 is 23.4 Å². The summed E-state index contributed by atoms with van der Waals surface area (Å²) in [7, 11) is 1.65. The predicted molar refractivity (Wildman–Crippen MR) is 92.0 cm³/mol. The Bertz CT molecular complexity index is 672. The van der Waals surface area contributed by atoms with Gasteiger partial charge in [-0.25, -0.2) is 0 Å². The molecule has 3 rings (SSSR count). The molecule has 0 aliphatic carbocycles. The Morgan fingerprint density at radius 1 is 1.09 bits per heavy atom. The van der Waals surface area contributed by atoms with Crippen molar-refractivity contribution in [2.75, 3.05) is 18.3 Å². The third-order valence-electron chi connectivity index (χ3n) is 3.86. The van der Waals surface area contributed by atoms with Crippen molar-refractivity contribution in [3.8, 4) is 5.75 Å². The van der Waals surface area contributed by atoms with Gasteiger partial charge in [0.1, 0.15) is 11.0 Å². The number of thioether (sulfide) groups is 1. The van der Waals surface area contributed by atoms with Crippen LogP contribution in [0.25, 0.3) is 0 Å². The maximum absolute atomic E-state index is 12.4. The molecular weight excluding hydrogens is 318 g/mol. The van der Waals surface area contributed by atoms with Gasteiger partial charge in [0.2, 0.25) is 5.91 Å². The maximum atomic E-state index is 12.4. The second kappa shape index (κ2) is 6.23. The summed E-state index contributed by atoms with van der Waals surface area (Å²) in [6, 6.07) is 15.3. The largest absolute Gasteiger partial charge is 0.497 e. The zero-order valence-electron chi connectivity index (χ0n) is 12.3. The summed E-state index contributed by atoms with van der Waals surface area (Å²) in [4.78, 5) is 14.3. The smallest absolute Gasteiger partial charge is 0.243 e. The zero-order valence-corrected chi connectivity index (χ0v) is 13.9. The lowest BCUT2D eigenvalue weighted by Crippen LogP contribution is -2.57. The molecule has 114 valence electrons. The van der Waals surface area contributed by atoms with E-state index in [-0.39, 0.29) is 17.2 Å². The second-order valence-corrected chi connectivity index (χ2v) is 6.47. The molecule has 22 heavy (non-hydrogen) atoms. The maximum Gasteiger partial charge on any atom is 0.243 e. The molecule has 0 radical (unpaired) electrons. The van der Waals surface area contributed by atoms with Crippen molar-refractivity contribution in [1.82, 2.24) is 0 Å². The fraction of sp³-hybridized carbons (Fsp3) is 0.235. The first-order valence-electron chi connectivity index (χ1n) is 6.91. The standard InChI is InChI=1S/C17H16ClNO2S/c1-21-14-9-3-11(4-10-14)15-16(22-2)17(20)19(15)13-7-5-12(18)6-8-13/h3-10,15-16H,1-2H3/t15-,16+/m1/s1. The van der Waals surface area contributed by atoms with Crippen LogP contribution in [-0.2, 0) is 4.79 Å². The average Bonchev–Trinajstić information content (AvgIpc) is 2.55. The number of rotatable bonds is 4. The molecule has 3 nitrogen and oxygen atoms in total. The number of hydrogen-bond acceptors (Lipinski definition) is 3. The first kappa shape index (κ1) is 15.3. The first-order valence-corrected chi connectivity index (χ1v) is 8.57. The Labute approximate surface area is 139 Å². The minimum Gasteiger partial charge on any atom is -0.497 e. The molecule has 1 fully saturated rings. The molecule has 2 aromatic rings. The lowest BCUT2D eigenvalue weighted by atomic mass is 9.92. The van der Waals surface area contributed by atoms with E-state index in [0.717, 1.165) is 17.0 Å². The van der Waals surface area contributed by atoms with E-state index in [4.69, 9.17) is 16.3 Å². The highest BCUT2D eigenvalue weighted by Gasteiger charge is 2.48. The number of carbonyl (C=O) groups is 1. The quantitative estimate of drug-likeness (QED) is 0.786. The van der Waals surface area contributed by atoms with Gasteiger partial charge in [-0.2, -0.15) is 0 Å². The lowest BCUT2D eigenvalue weighted by Gasteiger charge is -2.46. The van der Waals surface area contributed by atoms with Crippen molar-refractivity contribution in [3.63, 3.8) is 0 Å². The molecule has 0 aromatic heterocycles. The predicted octanol–water partition coefficient (Wildman–Crippen LogP) is 4.17. The van der Waals surface area contributed by atoms with E-state index in [1.807, 2.05) is 59.7 Å². The Hall–Kier alpha value is -1.65. The van der Waals surface area contributed by atoms with Crippen LogP contribution in [0.5, 0.6) is 5.75 Å². The van der Waals surface area contributed by atoms with E-state index in [9.17, 15) is 4.79 Å². The Balaban J connectivity index is 1.94. The fourth-order valence-corrected chi connectivity index (χ4v) is 3.68. The molecule has 0 N–H and O–H groups in total. The van der Waals surface area contributed by atoms with Crippen molar-refractivity contribution in [2.24, 2.45) is 0 Å². The monoisotopic (exact) mass is 333 g/mol. The van der Waals surface area contributed by atoms with Gasteiger partial charge in [0.05, 0.1) is 13.2 Å². The molecule has 1 saturated heterocycles. The van der Waals surface area contributed by atoms with Gasteiger partial charge in [-0.05, 0) is 48.2 Å². The molecule has 2 aromatic carbocycles. The highest BCUT2D eigenvalue weighted by atomic mass is 35.5. The van der Waals surface area contributed by atoms with Gasteiger partial charge in [-0.3, -0.25) is 4.79 Å². The molecule has 1 aliphatic heterocycles. The Kier molecular flexibility index (Phi) is 4.32. The lowest BCUT2D eigenvalue weighted by molar-refractivity contribution is -0.123. The number of methoxy groups -OCH3 is 1. The number of amides is 1.